The van der Waals surface area contributed by atoms with E-state index in [0.29, 0.717) is 16.5 Å². The number of nitrogens with one attached hydrogen (secondary N) is 1. The maximum absolute atomic E-state index is 12.5. The third-order valence-electron chi connectivity index (χ3n) is 4.43. The van der Waals surface area contributed by atoms with Crippen molar-refractivity contribution in [2.24, 2.45) is 5.92 Å². The van der Waals surface area contributed by atoms with Crippen LogP contribution >= 0.6 is 28.1 Å². The lowest BCUT2D eigenvalue weighted by atomic mass is 10.00. The van der Waals surface area contributed by atoms with Gasteiger partial charge in [-0.1, -0.05) is 35.0 Å². The van der Waals surface area contributed by atoms with Crippen molar-refractivity contribution in [2.45, 2.75) is 19.8 Å². The molecule has 0 unspecified atom stereocenters. The number of halogens is 1. The largest absolute Gasteiger partial charge is 0.432 e. The molecule has 1 amide bonds. The molecule has 3 rings (SSSR count). The van der Waals surface area contributed by atoms with E-state index in [1.807, 2.05) is 30.3 Å². The number of rotatable bonds is 3. The molecule has 2 aromatic carbocycles. The first kappa shape index (κ1) is 18.9. The lowest BCUT2D eigenvalue weighted by Crippen LogP contribution is -2.39. The number of carbonyl (C=O) groups is 1. The van der Waals surface area contributed by atoms with E-state index >= 15 is 0 Å². The van der Waals surface area contributed by atoms with Crippen LogP contribution in [0.4, 0.5) is 5.69 Å². The van der Waals surface area contributed by atoms with Crippen LogP contribution in [0.2, 0.25) is 0 Å². The highest BCUT2D eigenvalue weighted by Crippen LogP contribution is 2.21. The van der Waals surface area contributed by atoms with E-state index < -0.39 is 0 Å². The second-order valence-electron chi connectivity index (χ2n) is 6.53. The minimum Gasteiger partial charge on any atom is -0.432 e. The molecule has 0 bridgehead atoms. The monoisotopic (exact) mass is 432 g/mol. The van der Waals surface area contributed by atoms with E-state index in [1.54, 1.807) is 18.2 Å². The molecule has 0 atom stereocenters. The first-order valence-corrected chi connectivity index (χ1v) is 9.85. The van der Waals surface area contributed by atoms with Crippen molar-refractivity contribution in [1.82, 2.24) is 4.90 Å². The zero-order valence-corrected chi connectivity index (χ0v) is 17.0. The number of hydrogen-bond donors (Lipinski definition) is 1. The highest BCUT2D eigenvalue weighted by molar-refractivity contribution is 9.10. The molecule has 1 heterocycles. The molecule has 1 aliphatic rings. The Bertz CT molecular complexity index is 804. The average Bonchev–Trinajstić information content (AvgIpc) is 2.62. The van der Waals surface area contributed by atoms with Gasteiger partial charge in [0.25, 0.3) is 11.1 Å². The molecule has 0 saturated carbocycles. The van der Waals surface area contributed by atoms with Gasteiger partial charge in [-0.05, 0) is 67.4 Å². The van der Waals surface area contributed by atoms with Gasteiger partial charge in [-0.2, -0.15) is 0 Å². The van der Waals surface area contributed by atoms with Crippen molar-refractivity contribution >= 4 is 44.9 Å². The van der Waals surface area contributed by atoms with Crippen molar-refractivity contribution < 1.29 is 9.53 Å². The first-order valence-electron chi connectivity index (χ1n) is 8.65. The van der Waals surface area contributed by atoms with Crippen LogP contribution in [0.25, 0.3) is 0 Å². The summed E-state index contributed by atoms with van der Waals surface area (Å²) in [5.74, 6) is 1.13. The molecule has 4 nitrogen and oxygen atoms in total. The van der Waals surface area contributed by atoms with E-state index in [1.165, 1.54) is 0 Å². The van der Waals surface area contributed by atoms with Gasteiger partial charge in [0, 0.05) is 28.8 Å². The van der Waals surface area contributed by atoms with Crippen LogP contribution in [0.15, 0.2) is 53.0 Å². The number of piperidine rings is 1. The van der Waals surface area contributed by atoms with E-state index in [2.05, 4.69) is 33.1 Å². The van der Waals surface area contributed by atoms with Crippen molar-refractivity contribution in [3.8, 4) is 5.75 Å². The van der Waals surface area contributed by atoms with Crippen molar-refractivity contribution in [3.63, 3.8) is 0 Å². The molecule has 1 aliphatic heterocycles. The molecular formula is C20H21BrN2O2S. The number of likely N-dealkylation sites (tertiary alicyclic amines) is 1. The van der Waals surface area contributed by atoms with Gasteiger partial charge in [-0.3, -0.25) is 4.79 Å². The summed E-state index contributed by atoms with van der Waals surface area (Å²) >= 11 is 8.82. The summed E-state index contributed by atoms with van der Waals surface area (Å²) in [5.41, 5.74) is 1.26. The fourth-order valence-corrected chi connectivity index (χ4v) is 3.50. The molecule has 0 radical (unpaired) electrons. The normalized spacial score (nSPS) is 14.8. The Labute approximate surface area is 167 Å². The third-order valence-corrected chi connectivity index (χ3v) is 5.26. The third kappa shape index (κ3) is 5.05. The number of amides is 1. The molecule has 0 aromatic heterocycles. The number of benzene rings is 2. The predicted molar refractivity (Wildman–Crippen MR) is 112 cm³/mol. The van der Waals surface area contributed by atoms with Gasteiger partial charge in [0.1, 0.15) is 5.75 Å². The zero-order valence-electron chi connectivity index (χ0n) is 14.6. The van der Waals surface area contributed by atoms with Gasteiger partial charge in [0.15, 0.2) is 0 Å². The molecule has 2 aromatic rings. The van der Waals surface area contributed by atoms with E-state index in [9.17, 15) is 4.79 Å². The Morgan fingerprint density at radius 1 is 1.19 bits per heavy atom. The van der Waals surface area contributed by atoms with Crippen molar-refractivity contribution in [3.05, 3.63) is 58.6 Å². The standard InChI is InChI=1S/C20H21BrN2O2S/c1-14-8-10-23(11-9-14)20(26)25-18-7-2-4-15(12-18)19(24)22-17-6-3-5-16(21)13-17/h2-7,12-14H,8-11H2,1H3,(H,22,24). The number of ether oxygens (including phenoxy) is 1. The fourth-order valence-electron chi connectivity index (χ4n) is 2.83. The van der Waals surface area contributed by atoms with Crippen molar-refractivity contribution in [1.29, 1.82) is 0 Å². The number of carbonyl (C=O) groups excluding carboxylic acids is 1. The summed E-state index contributed by atoms with van der Waals surface area (Å²) in [6.07, 6.45) is 2.25. The van der Waals surface area contributed by atoms with Crippen LogP contribution < -0.4 is 10.1 Å². The number of anilines is 1. The molecule has 26 heavy (non-hydrogen) atoms. The van der Waals surface area contributed by atoms with E-state index in [4.69, 9.17) is 17.0 Å². The Morgan fingerprint density at radius 3 is 2.65 bits per heavy atom. The molecule has 1 N–H and O–H groups in total. The second-order valence-corrected chi connectivity index (χ2v) is 7.79. The quantitative estimate of drug-likeness (QED) is 0.685. The minimum absolute atomic E-state index is 0.189. The van der Waals surface area contributed by atoms with E-state index in [0.717, 1.165) is 42.0 Å². The van der Waals surface area contributed by atoms with E-state index in [-0.39, 0.29) is 5.91 Å². The molecule has 0 spiro atoms. The summed E-state index contributed by atoms with van der Waals surface area (Å²) in [6, 6.07) is 14.6. The van der Waals surface area contributed by atoms with Crippen LogP contribution in [0, 0.1) is 5.92 Å². The van der Waals surface area contributed by atoms with Gasteiger partial charge >= 0.3 is 0 Å². The molecule has 136 valence electrons. The highest BCUT2D eigenvalue weighted by Gasteiger charge is 2.19. The number of nitrogens with zero attached hydrogens (tertiary/aromatic N) is 1. The molecule has 1 saturated heterocycles. The maximum Gasteiger partial charge on any atom is 0.264 e. The number of thiocarbonyl (C=S) groups is 1. The van der Waals surface area contributed by atoms with Crippen LogP contribution in [0.1, 0.15) is 30.1 Å². The minimum atomic E-state index is -0.189. The van der Waals surface area contributed by atoms with Gasteiger partial charge in [-0.25, -0.2) is 0 Å². The highest BCUT2D eigenvalue weighted by atomic mass is 79.9. The Kier molecular flexibility index (Phi) is 6.27. The number of hydrogen-bond acceptors (Lipinski definition) is 3. The SMILES string of the molecule is CC1CCN(C(=S)Oc2cccc(C(=O)Nc3cccc(Br)c3)c2)CC1. The van der Waals surface area contributed by atoms with Crippen LogP contribution in [0.5, 0.6) is 5.75 Å². The predicted octanol–water partition coefficient (Wildman–Crippen LogP) is 5.10. The summed E-state index contributed by atoms with van der Waals surface area (Å²) in [7, 11) is 0. The van der Waals surface area contributed by atoms with Gasteiger partial charge < -0.3 is 15.0 Å². The van der Waals surface area contributed by atoms with Crippen LogP contribution in [0.3, 0.4) is 0 Å². The Hall–Kier alpha value is -1.92. The summed E-state index contributed by atoms with van der Waals surface area (Å²) in [4.78, 5) is 14.6. The summed E-state index contributed by atoms with van der Waals surface area (Å²) in [6.45, 7) is 4.10. The maximum atomic E-state index is 12.5. The van der Waals surface area contributed by atoms with Crippen LogP contribution in [-0.4, -0.2) is 29.1 Å². The van der Waals surface area contributed by atoms with Crippen LogP contribution in [-0.2, 0) is 0 Å². The second kappa shape index (κ2) is 8.64. The lowest BCUT2D eigenvalue weighted by molar-refractivity contribution is 0.102. The van der Waals surface area contributed by atoms with Gasteiger partial charge in [-0.15, -0.1) is 0 Å². The van der Waals surface area contributed by atoms with Gasteiger partial charge in [0.2, 0.25) is 0 Å². The summed E-state index contributed by atoms with van der Waals surface area (Å²) < 4.78 is 6.73. The molecule has 0 aliphatic carbocycles. The Balaban J connectivity index is 1.64. The van der Waals surface area contributed by atoms with Crippen molar-refractivity contribution in [2.75, 3.05) is 18.4 Å². The summed E-state index contributed by atoms with van der Waals surface area (Å²) in [5, 5.41) is 3.35. The fraction of sp³-hybridized carbons (Fsp3) is 0.300. The average molecular weight is 433 g/mol. The Morgan fingerprint density at radius 2 is 1.92 bits per heavy atom. The van der Waals surface area contributed by atoms with Gasteiger partial charge in [0.05, 0.1) is 0 Å². The molecule has 1 fully saturated rings. The lowest BCUT2D eigenvalue weighted by Gasteiger charge is -2.31. The first-order chi connectivity index (χ1) is 12.5. The zero-order chi connectivity index (χ0) is 18.5. The molecule has 6 heteroatoms. The smallest absolute Gasteiger partial charge is 0.264 e. The topological polar surface area (TPSA) is 41.6 Å². The molecular weight excluding hydrogens is 412 g/mol.